The predicted molar refractivity (Wildman–Crippen MR) is 112 cm³/mol. The lowest BCUT2D eigenvalue weighted by atomic mass is 9.96. The lowest BCUT2D eigenvalue weighted by Gasteiger charge is -2.35. The van der Waals surface area contributed by atoms with Gasteiger partial charge in [-0.25, -0.2) is 9.02 Å². The van der Waals surface area contributed by atoms with E-state index >= 15 is 0 Å². The molecule has 29 heavy (non-hydrogen) atoms. The molecule has 6 heteroatoms. The van der Waals surface area contributed by atoms with Crippen LogP contribution >= 0.6 is 0 Å². The van der Waals surface area contributed by atoms with Gasteiger partial charge in [-0.05, 0) is 77.9 Å². The van der Waals surface area contributed by atoms with Gasteiger partial charge in [-0.2, -0.15) is 0 Å². The Morgan fingerprint density at radius 2 is 2.10 bits per heavy atom. The first-order valence-corrected chi connectivity index (χ1v) is 10.6. The summed E-state index contributed by atoms with van der Waals surface area (Å²) < 4.78 is 18.3. The minimum absolute atomic E-state index is 0.144. The summed E-state index contributed by atoms with van der Waals surface area (Å²) in [4.78, 5) is 5.03. The molecule has 1 aliphatic heterocycles. The Labute approximate surface area is 171 Å². The third-order valence-corrected chi connectivity index (χ3v) is 5.94. The van der Waals surface area contributed by atoms with Crippen molar-refractivity contribution in [2.75, 3.05) is 32.7 Å². The van der Waals surface area contributed by atoms with Crippen LogP contribution in [0.3, 0.4) is 0 Å². The Morgan fingerprint density at radius 1 is 1.21 bits per heavy atom. The van der Waals surface area contributed by atoms with E-state index in [4.69, 9.17) is 4.63 Å². The number of aromatic nitrogens is 2. The molecule has 1 aromatic heterocycles. The van der Waals surface area contributed by atoms with Gasteiger partial charge in [-0.15, -0.1) is 0 Å². The van der Waals surface area contributed by atoms with Gasteiger partial charge in [0.15, 0.2) is 0 Å². The molecule has 0 saturated carbocycles. The number of hydrogen-bond donors (Lipinski definition) is 0. The van der Waals surface area contributed by atoms with Crippen LogP contribution in [0.4, 0.5) is 4.39 Å². The molecule has 154 valence electrons. The largest absolute Gasteiger partial charge is 0.303 e. The average molecular weight is 397 g/mol. The third-order valence-electron chi connectivity index (χ3n) is 5.94. The van der Waals surface area contributed by atoms with Gasteiger partial charge in [0, 0.05) is 26.2 Å². The standard InChI is InChI=1S/C23H29FN4O/c1-2-27(17-20-8-4-10-22-23(20)26-29-25-22)15-19-7-5-12-28(16-19)13-11-18-6-3-9-21(24)14-18/h3-4,6,8-10,14,19H,2,5,7,11-13,15-17H2,1H3/t19-/m0/s1. The van der Waals surface area contributed by atoms with Gasteiger partial charge < -0.3 is 4.90 Å². The van der Waals surface area contributed by atoms with E-state index in [1.165, 1.54) is 24.5 Å². The summed E-state index contributed by atoms with van der Waals surface area (Å²) in [5.74, 6) is 0.515. The van der Waals surface area contributed by atoms with Crippen molar-refractivity contribution < 1.29 is 9.02 Å². The van der Waals surface area contributed by atoms with Gasteiger partial charge in [-0.3, -0.25) is 4.90 Å². The van der Waals surface area contributed by atoms with E-state index in [-0.39, 0.29) is 5.82 Å². The normalized spacial score (nSPS) is 18.0. The Bertz CT molecular complexity index is 928. The summed E-state index contributed by atoms with van der Waals surface area (Å²) in [6.07, 6.45) is 3.40. The zero-order chi connectivity index (χ0) is 20.1. The molecule has 0 radical (unpaired) electrons. The van der Waals surface area contributed by atoms with E-state index in [1.54, 1.807) is 12.1 Å². The van der Waals surface area contributed by atoms with Gasteiger partial charge in [0.2, 0.25) is 0 Å². The first-order valence-electron chi connectivity index (χ1n) is 10.6. The number of rotatable bonds is 8. The highest BCUT2D eigenvalue weighted by atomic mass is 19.1. The van der Waals surface area contributed by atoms with Crippen LogP contribution in [0.25, 0.3) is 11.0 Å². The van der Waals surface area contributed by atoms with Crippen molar-refractivity contribution in [2.45, 2.75) is 32.7 Å². The van der Waals surface area contributed by atoms with Crippen molar-refractivity contribution in [2.24, 2.45) is 5.92 Å². The van der Waals surface area contributed by atoms with Gasteiger partial charge in [-0.1, -0.05) is 31.2 Å². The highest BCUT2D eigenvalue weighted by Gasteiger charge is 2.22. The predicted octanol–water partition coefficient (Wildman–Crippen LogP) is 4.14. The molecule has 0 aliphatic carbocycles. The first kappa shape index (κ1) is 20.0. The molecule has 1 atom stereocenters. The number of piperidine rings is 1. The summed E-state index contributed by atoms with van der Waals surface area (Å²) in [6.45, 7) is 8.41. The lowest BCUT2D eigenvalue weighted by Crippen LogP contribution is -2.41. The molecule has 0 N–H and O–H groups in total. The van der Waals surface area contributed by atoms with Crippen LogP contribution in [0.1, 0.15) is 30.9 Å². The molecule has 5 nitrogen and oxygen atoms in total. The minimum Gasteiger partial charge on any atom is -0.303 e. The maximum absolute atomic E-state index is 13.4. The highest BCUT2D eigenvalue weighted by molar-refractivity contribution is 5.76. The molecule has 0 spiro atoms. The van der Waals surface area contributed by atoms with Crippen molar-refractivity contribution in [3.05, 3.63) is 59.4 Å². The lowest BCUT2D eigenvalue weighted by molar-refractivity contribution is 0.133. The second-order valence-electron chi connectivity index (χ2n) is 8.07. The molecular weight excluding hydrogens is 367 g/mol. The maximum Gasteiger partial charge on any atom is 0.139 e. The van der Waals surface area contributed by atoms with Crippen molar-refractivity contribution >= 4 is 11.0 Å². The van der Waals surface area contributed by atoms with Crippen LogP contribution in [0.5, 0.6) is 0 Å². The Morgan fingerprint density at radius 3 is 2.97 bits per heavy atom. The Kier molecular flexibility index (Phi) is 6.52. The summed E-state index contributed by atoms with van der Waals surface area (Å²) in [5.41, 5.74) is 3.94. The van der Waals surface area contributed by atoms with Crippen LogP contribution < -0.4 is 0 Å². The molecule has 0 amide bonds. The van der Waals surface area contributed by atoms with E-state index < -0.39 is 0 Å². The molecule has 1 fully saturated rings. The van der Waals surface area contributed by atoms with Gasteiger partial charge in [0.25, 0.3) is 0 Å². The topological polar surface area (TPSA) is 45.4 Å². The Hall–Kier alpha value is -2.31. The summed E-state index contributed by atoms with van der Waals surface area (Å²) in [6, 6.07) is 13.0. The zero-order valence-electron chi connectivity index (χ0n) is 17.1. The Balaban J connectivity index is 1.32. The molecule has 0 unspecified atom stereocenters. The zero-order valence-corrected chi connectivity index (χ0v) is 17.1. The van der Waals surface area contributed by atoms with E-state index in [1.807, 2.05) is 18.2 Å². The average Bonchev–Trinajstić information content (AvgIpc) is 3.22. The van der Waals surface area contributed by atoms with Crippen molar-refractivity contribution in [3.8, 4) is 0 Å². The van der Waals surface area contributed by atoms with Crippen LogP contribution in [0, 0.1) is 11.7 Å². The minimum atomic E-state index is -0.144. The second kappa shape index (κ2) is 9.46. The quantitative estimate of drug-likeness (QED) is 0.573. The second-order valence-corrected chi connectivity index (χ2v) is 8.07. The van der Waals surface area contributed by atoms with Crippen LogP contribution in [-0.2, 0) is 13.0 Å². The van der Waals surface area contributed by atoms with Crippen molar-refractivity contribution in [1.29, 1.82) is 0 Å². The molecular formula is C23H29FN4O. The highest BCUT2D eigenvalue weighted by Crippen LogP contribution is 2.21. The number of fused-ring (bicyclic) bond motifs is 1. The monoisotopic (exact) mass is 396 g/mol. The third kappa shape index (κ3) is 5.19. The fourth-order valence-corrected chi connectivity index (χ4v) is 4.38. The van der Waals surface area contributed by atoms with Gasteiger partial charge in [0.05, 0.1) is 0 Å². The summed E-state index contributed by atoms with van der Waals surface area (Å²) in [5, 5.41) is 8.03. The fraction of sp³-hybridized carbons (Fsp3) is 0.478. The molecule has 1 saturated heterocycles. The molecule has 3 aromatic rings. The van der Waals surface area contributed by atoms with E-state index in [0.29, 0.717) is 5.92 Å². The summed E-state index contributed by atoms with van der Waals surface area (Å²) in [7, 11) is 0. The molecule has 1 aliphatic rings. The van der Waals surface area contributed by atoms with E-state index in [2.05, 4.69) is 33.1 Å². The number of nitrogens with zero attached hydrogens (tertiary/aromatic N) is 4. The first-order chi connectivity index (χ1) is 14.2. The maximum atomic E-state index is 13.4. The number of hydrogen-bond acceptors (Lipinski definition) is 5. The van der Waals surface area contributed by atoms with Gasteiger partial charge >= 0.3 is 0 Å². The molecule has 2 heterocycles. The van der Waals surface area contributed by atoms with Crippen LogP contribution in [-0.4, -0.2) is 52.8 Å². The van der Waals surface area contributed by atoms with E-state index in [9.17, 15) is 4.39 Å². The van der Waals surface area contributed by atoms with Crippen LogP contribution in [0.15, 0.2) is 47.1 Å². The van der Waals surface area contributed by atoms with E-state index in [0.717, 1.165) is 62.3 Å². The number of halogens is 1. The van der Waals surface area contributed by atoms with Crippen molar-refractivity contribution in [1.82, 2.24) is 20.1 Å². The fourth-order valence-electron chi connectivity index (χ4n) is 4.38. The van der Waals surface area contributed by atoms with Crippen molar-refractivity contribution in [3.63, 3.8) is 0 Å². The van der Waals surface area contributed by atoms with Crippen LogP contribution in [0.2, 0.25) is 0 Å². The van der Waals surface area contributed by atoms with Gasteiger partial charge in [0.1, 0.15) is 16.9 Å². The number of likely N-dealkylation sites (tertiary alicyclic amines) is 1. The molecule has 0 bridgehead atoms. The summed E-state index contributed by atoms with van der Waals surface area (Å²) >= 11 is 0. The molecule has 4 rings (SSSR count). The SMILES string of the molecule is CCN(Cc1cccc2nonc12)C[C@@H]1CCCN(CCc2cccc(F)c2)C1. The number of benzene rings is 2. The molecule has 2 aromatic carbocycles. The smallest absolute Gasteiger partial charge is 0.139 e.